The summed E-state index contributed by atoms with van der Waals surface area (Å²) in [6.07, 6.45) is 7.29. The molecule has 9 heteroatoms. The minimum Gasteiger partial charge on any atom is -0.445 e. The molecule has 0 radical (unpaired) electrons. The Hall–Kier alpha value is -4.01. The molecule has 1 aromatic carbocycles. The van der Waals surface area contributed by atoms with Gasteiger partial charge in [-0.3, -0.25) is 9.78 Å². The lowest BCUT2D eigenvalue weighted by atomic mass is 10.1. The molecule has 2 amide bonds. The molecule has 0 fully saturated rings. The number of hydrogen-bond donors (Lipinski definition) is 3. The van der Waals surface area contributed by atoms with E-state index in [1.165, 1.54) is 12.5 Å². The molecule has 3 N–H and O–H groups in total. The molecule has 0 saturated heterocycles. The molecular weight excluding hydrogens is 372 g/mol. The number of imidazole rings is 1. The van der Waals surface area contributed by atoms with Crippen LogP contribution in [0.2, 0.25) is 0 Å². The predicted octanol–water partition coefficient (Wildman–Crippen LogP) is 1.79. The first kappa shape index (κ1) is 19.7. The van der Waals surface area contributed by atoms with Crippen LogP contribution in [0.5, 0.6) is 0 Å². The molecule has 0 unspecified atom stereocenters. The molecular formula is C20H20N6O3. The lowest BCUT2D eigenvalue weighted by molar-refractivity contribution is -0.123. The quantitative estimate of drug-likeness (QED) is 0.399. The highest BCUT2D eigenvalue weighted by Gasteiger charge is 2.22. The van der Waals surface area contributed by atoms with Gasteiger partial charge in [-0.25, -0.2) is 15.2 Å². The molecule has 0 spiro atoms. The Kier molecular flexibility index (Phi) is 7.05. The molecule has 2 aromatic heterocycles. The summed E-state index contributed by atoms with van der Waals surface area (Å²) in [7, 11) is 0. The zero-order valence-electron chi connectivity index (χ0n) is 15.5. The van der Waals surface area contributed by atoms with E-state index < -0.39 is 18.0 Å². The van der Waals surface area contributed by atoms with Crippen molar-refractivity contribution in [3.8, 4) is 0 Å². The SMILES string of the molecule is O=C(N[C@@H](Cc1cnc[nH]1)C(=O)N/N=C\c1cccnc1)OCc1ccccc1. The van der Waals surface area contributed by atoms with Gasteiger partial charge in [0.2, 0.25) is 0 Å². The van der Waals surface area contributed by atoms with E-state index >= 15 is 0 Å². The van der Waals surface area contributed by atoms with E-state index in [0.29, 0.717) is 5.69 Å². The van der Waals surface area contributed by atoms with Crippen molar-refractivity contribution in [2.75, 3.05) is 0 Å². The molecule has 0 aliphatic rings. The van der Waals surface area contributed by atoms with Crippen molar-refractivity contribution in [3.05, 3.63) is 84.2 Å². The zero-order valence-corrected chi connectivity index (χ0v) is 15.5. The zero-order chi connectivity index (χ0) is 20.3. The summed E-state index contributed by atoms with van der Waals surface area (Å²) in [6, 6.07) is 11.9. The Morgan fingerprint density at radius 3 is 2.72 bits per heavy atom. The highest BCUT2D eigenvalue weighted by molar-refractivity contribution is 5.87. The van der Waals surface area contributed by atoms with Gasteiger partial charge in [0.1, 0.15) is 12.6 Å². The number of H-pyrrole nitrogens is 1. The van der Waals surface area contributed by atoms with Gasteiger partial charge in [-0.2, -0.15) is 5.10 Å². The fourth-order valence-electron chi connectivity index (χ4n) is 2.43. The van der Waals surface area contributed by atoms with Gasteiger partial charge >= 0.3 is 6.09 Å². The van der Waals surface area contributed by atoms with Crippen LogP contribution >= 0.6 is 0 Å². The van der Waals surface area contributed by atoms with Crippen LogP contribution in [0.25, 0.3) is 0 Å². The van der Waals surface area contributed by atoms with Crippen molar-refractivity contribution in [1.29, 1.82) is 0 Å². The number of pyridine rings is 1. The molecule has 2 heterocycles. The van der Waals surface area contributed by atoms with Crippen LogP contribution in [0.4, 0.5) is 4.79 Å². The van der Waals surface area contributed by atoms with Crippen molar-refractivity contribution in [2.24, 2.45) is 5.10 Å². The lowest BCUT2D eigenvalue weighted by Gasteiger charge is -2.16. The number of aromatic nitrogens is 3. The monoisotopic (exact) mass is 392 g/mol. The Balaban J connectivity index is 1.58. The Bertz CT molecular complexity index is 929. The summed E-state index contributed by atoms with van der Waals surface area (Å²) >= 11 is 0. The van der Waals surface area contributed by atoms with Crippen LogP contribution in [-0.2, 0) is 22.6 Å². The van der Waals surface area contributed by atoms with Gasteiger partial charge < -0.3 is 15.0 Å². The maximum absolute atomic E-state index is 12.5. The van der Waals surface area contributed by atoms with E-state index in [2.05, 4.69) is 30.8 Å². The van der Waals surface area contributed by atoms with Crippen molar-refractivity contribution >= 4 is 18.2 Å². The lowest BCUT2D eigenvalue weighted by Crippen LogP contribution is -2.47. The van der Waals surface area contributed by atoms with Crippen LogP contribution in [0.1, 0.15) is 16.8 Å². The van der Waals surface area contributed by atoms with Gasteiger partial charge in [-0.15, -0.1) is 0 Å². The first-order valence-corrected chi connectivity index (χ1v) is 8.88. The summed E-state index contributed by atoms with van der Waals surface area (Å²) in [5.41, 5.74) is 4.68. The number of rotatable bonds is 8. The summed E-state index contributed by atoms with van der Waals surface area (Å²) in [5, 5.41) is 6.48. The van der Waals surface area contributed by atoms with E-state index in [-0.39, 0.29) is 13.0 Å². The topological polar surface area (TPSA) is 121 Å². The highest BCUT2D eigenvalue weighted by atomic mass is 16.5. The number of ether oxygens (including phenoxy) is 1. The van der Waals surface area contributed by atoms with Crippen LogP contribution in [0.3, 0.4) is 0 Å². The number of nitrogens with one attached hydrogen (secondary N) is 3. The van der Waals surface area contributed by atoms with Gasteiger partial charge in [0.25, 0.3) is 5.91 Å². The third-order valence-corrected chi connectivity index (χ3v) is 3.87. The molecule has 0 saturated carbocycles. The van der Waals surface area contributed by atoms with Crippen molar-refractivity contribution in [1.82, 2.24) is 25.7 Å². The standard InChI is InChI=1S/C20H20N6O3/c27-19(26-24-11-16-7-4-8-21-10-16)18(9-17-12-22-14-23-17)25-20(28)29-13-15-5-2-1-3-6-15/h1-8,10-12,14,18H,9,13H2,(H,22,23)(H,25,28)(H,26,27)/b24-11-/t18-/m0/s1. The van der Waals surface area contributed by atoms with Gasteiger partial charge in [0, 0.05) is 36.3 Å². The number of alkyl carbamates (subject to hydrolysis) is 1. The van der Waals surface area contributed by atoms with E-state index in [1.807, 2.05) is 30.3 Å². The summed E-state index contributed by atoms with van der Waals surface area (Å²) < 4.78 is 5.20. The van der Waals surface area contributed by atoms with E-state index in [0.717, 1.165) is 11.1 Å². The molecule has 0 aliphatic carbocycles. The molecule has 29 heavy (non-hydrogen) atoms. The predicted molar refractivity (Wildman–Crippen MR) is 106 cm³/mol. The summed E-state index contributed by atoms with van der Waals surface area (Å²) in [6.45, 7) is 0.101. The largest absolute Gasteiger partial charge is 0.445 e. The maximum Gasteiger partial charge on any atom is 0.408 e. The average Bonchev–Trinajstić information content (AvgIpc) is 3.26. The number of hydrazone groups is 1. The Morgan fingerprint density at radius 1 is 1.14 bits per heavy atom. The second kappa shape index (κ2) is 10.4. The number of carbonyl (C=O) groups excluding carboxylic acids is 2. The number of aromatic amines is 1. The smallest absolute Gasteiger partial charge is 0.408 e. The minimum atomic E-state index is -0.898. The number of benzene rings is 1. The normalized spacial score (nSPS) is 11.7. The third-order valence-electron chi connectivity index (χ3n) is 3.87. The number of hydrogen-bond acceptors (Lipinski definition) is 6. The molecule has 0 bridgehead atoms. The van der Waals surface area contributed by atoms with Crippen molar-refractivity contribution in [3.63, 3.8) is 0 Å². The molecule has 1 atom stereocenters. The fourth-order valence-corrected chi connectivity index (χ4v) is 2.43. The Morgan fingerprint density at radius 2 is 2.00 bits per heavy atom. The molecule has 148 valence electrons. The number of amides is 2. The highest BCUT2D eigenvalue weighted by Crippen LogP contribution is 2.03. The van der Waals surface area contributed by atoms with Crippen LogP contribution in [0, 0.1) is 0 Å². The first-order valence-electron chi connectivity index (χ1n) is 8.88. The van der Waals surface area contributed by atoms with Gasteiger partial charge in [0.15, 0.2) is 0 Å². The molecule has 0 aliphatic heterocycles. The molecule has 3 rings (SSSR count). The minimum absolute atomic E-state index is 0.101. The van der Waals surface area contributed by atoms with Crippen LogP contribution in [0.15, 0.2) is 72.5 Å². The van der Waals surface area contributed by atoms with Gasteiger partial charge in [0.05, 0.1) is 12.5 Å². The number of nitrogens with zero attached hydrogens (tertiary/aromatic N) is 3. The van der Waals surface area contributed by atoms with Crippen LogP contribution < -0.4 is 10.7 Å². The molecule has 9 nitrogen and oxygen atoms in total. The first-order chi connectivity index (χ1) is 14.2. The van der Waals surface area contributed by atoms with E-state index in [1.54, 1.807) is 30.7 Å². The Labute approximate surface area is 167 Å². The van der Waals surface area contributed by atoms with E-state index in [9.17, 15) is 9.59 Å². The summed E-state index contributed by atoms with van der Waals surface area (Å²) in [5.74, 6) is -0.489. The average molecular weight is 392 g/mol. The third kappa shape index (κ3) is 6.58. The fraction of sp³-hybridized carbons (Fsp3) is 0.150. The number of carbonyl (C=O) groups is 2. The second-order valence-corrected chi connectivity index (χ2v) is 6.06. The van der Waals surface area contributed by atoms with Gasteiger partial charge in [-0.1, -0.05) is 36.4 Å². The van der Waals surface area contributed by atoms with Gasteiger partial charge in [-0.05, 0) is 11.6 Å². The van der Waals surface area contributed by atoms with Crippen molar-refractivity contribution < 1.29 is 14.3 Å². The second-order valence-electron chi connectivity index (χ2n) is 6.06. The van der Waals surface area contributed by atoms with Crippen LogP contribution in [-0.4, -0.2) is 39.2 Å². The summed E-state index contributed by atoms with van der Waals surface area (Å²) in [4.78, 5) is 35.5. The molecule has 3 aromatic rings. The maximum atomic E-state index is 12.5. The van der Waals surface area contributed by atoms with Crippen molar-refractivity contribution in [2.45, 2.75) is 19.1 Å². The van der Waals surface area contributed by atoms with E-state index in [4.69, 9.17) is 4.74 Å².